The Kier molecular flexibility index (Phi) is 5.18. The van der Waals surface area contributed by atoms with Crippen LogP contribution < -0.4 is 9.47 Å². The van der Waals surface area contributed by atoms with Gasteiger partial charge in [0, 0.05) is 30.2 Å². The summed E-state index contributed by atoms with van der Waals surface area (Å²) < 4.78 is 33.2. The summed E-state index contributed by atoms with van der Waals surface area (Å²) in [4.78, 5) is 13.4. The van der Waals surface area contributed by atoms with Crippen molar-refractivity contribution in [2.75, 3.05) is 27.3 Å². The zero-order valence-corrected chi connectivity index (χ0v) is 14.0. The SMILES string of the molecule is COc1cccc(CCN2CC(S(=O)(=O)Cl)CC2=O)c1OC. The third kappa shape index (κ3) is 3.64. The van der Waals surface area contributed by atoms with Gasteiger partial charge in [0.25, 0.3) is 0 Å². The van der Waals surface area contributed by atoms with Crippen LogP contribution in [0.2, 0.25) is 0 Å². The molecule has 6 nitrogen and oxygen atoms in total. The van der Waals surface area contributed by atoms with Crippen LogP contribution in [0.15, 0.2) is 18.2 Å². The molecule has 1 fully saturated rings. The normalized spacial score (nSPS) is 18.6. The maximum atomic E-state index is 11.9. The van der Waals surface area contributed by atoms with Crippen LogP contribution in [0.25, 0.3) is 0 Å². The van der Waals surface area contributed by atoms with Crippen LogP contribution in [0.1, 0.15) is 12.0 Å². The largest absolute Gasteiger partial charge is 0.493 e. The van der Waals surface area contributed by atoms with Crippen molar-refractivity contribution < 1.29 is 22.7 Å². The quantitative estimate of drug-likeness (QED) is 0.728. The minimum absolute atomic E-state index is 0.0545. The maximum Gasteiger partial charge on any atom is 0.237 e. The molecular formula is C14H18ClNO5S. The number of amides is 1. The highest BCUT2D eigenvalue weighted by Gasteiger charge is 2.37. The van der Waals surface area contributed by atoms with E-state index in [1.54, 1.807) is 20.3 Å². The van der Waals surface area contributed by atoms with E-state index in [0.717, 1.165) is 5.56 Å². The van der Waals surface area contributed by atoms with Gasteiger partial charge in [-0.1, -0.05) is 12.1 Å². The lowest BCUT2D eigenvalue weighted by Crippen LogP contribution is -2.29. The Bertz CT molecular complexity index is 661. The molecule has 0 N–H and O–H groups in total. The van der Waals surface area contributed by atoms with Crippen molar-refractivity contribution >= 4 is 25.6 Å². The van der Waals surface area contributed by atoms with E-state index in [2.05, 4.69) is 0 Å². The van der Waals surface area contributed by atoms with E-state index in [1.807, 2.05) is 12.1 Å². The molecule has 1 aliphatic rings. The average Bonchev–Trinajstić information content (AvgIpc) is 2.85. The standard InChI is InChI=1S/C14H18ClNO5S/c1-20-12-5-3-4-10(14(12)21-2)6-7-16-9-11(8-13(16)17)22(15,18)19/h3-5,11H,6-9H2,1-2H3. The minimum atomic E-state index is -3.71. The Hall–Kier alpha value is -1.47. The summed E-state index contributed by atoms with van der Waals surface area (Å²) in [5, 5.41) is -0.825. The van der Waals surface area contributed by atoms with E-state index >= 15 is 0 Å². The molecule has 0 aromatic heterocycles. The van der Waals surface area contributed by atoms with Gasteiger partial charge in [-0.25, -0.2) is 8.42 Å². The van der Waals surface area contributed by atoms with E-state index in [1.165, 1.54) is 4.90 Å². The summed E-state index contributed by atoms with van der Waals surface area (Å²) in [6.07, 6.45) is 0.488. The van der Waals surface area contributed by atoms with Crippen molar-refractivity contribution in [3.8, 4) is 11.5 Å². The lowest BCUT2D eigenvalue weighted by Gasteiger charge is -2.18. The number of halogens is 1. The molecular weight excluding hydrogens is 330 g/mol. The summed E-state index contributed by atoms with van der Waals surface area (Å²) >= 11 is 0. The van der Waals surface area contributed by atoms with Crippen molar-refractivity contribution in [3.63, 3.8) is 0 Å². The smallest absolute Gasteiger partial charge is 0.237 e. The lowest BCUT2D eigenvalue weighted by molar-refractivity contribution is -0.127. The molecule has 1 unspecified atom stereocenters. The van der Waals surface area contributed by atoms with Gasteiger partial charge in [0.2, 0.25) is 15.0 Å². The maximum absolute atomic E-state index is 11.9. The van der Waals surface area contributed by atoms with Crippen LogP contribution in [0.4, 0.5) is 0 Å². The molecule has 0 aliphatic carbocycles. The topological polar surface area (TPSA) is 72.9 Å². The molecule has 1 amide bonds. The molecule has 0 spiro atoms. The Morgan fingerprint density at radius 3 is 2.59 bits per heavy atom. The average molecular weight is 348 g/mol. The number of carbonyl (C=O) groups excluding carboxylic acids is 1. The van der Waals surface area contributed by atoms with Crippen molar-refractivity contribution in [2.24, 2.45) is 0 Å². The van der Waals surface area contributed by atoms with Gasteiger partial charge in [-0.05, 0) is 18.1 Å². The second kappa shape index (κ2) is 6.75. The van der Waals surface area contributed by atoms with E-state index < -0.39 is 14.3 Å². The molecule has 1 aromatic carbocycles. The van der Waals surface area contributed by atoms with Gasteiger partial charge < -0.3 is 14.4 Å². The number of rotatable bonds is 6. The molecule has 1 saturated heterocycles. The first kappa shape index (κ1) is 16.9. The van der Waals surface area contributed by atoms with E-state index in [-0.39, 0.29) is 18.9 Å². The number of methoxy groups -OCH3 is 2. The third-order valence-corrected chi connectivity index (χ3v) is 5.58. The van der Waals surface area contributed by atoms with Gasteiger partial charge in [0.05, 0.1) is 14.2 Å². The summed E-state index contributed by atoms with van der Waals surface area (Å²) in [5.74, 6) is 1.04. The van der Waals surface area contributed by atoms with E-state index in [9.17, 15) is 13.2 Å². The summed E-state index contributed by atoms with van der Waals surface area (Å²) in [6.45, 7) is 0.544. The molecule has 1 aromatic rings. The Morgan fingerprint density at radius 2 is 2.05 bits per heavy atom. The van der Waals surface area contributed by atoms with Crippen molar-refractivity contribution in [1.29, 1.82) is 0 Å². The monoisotopic (exact) mass is 347 g/mol. The number of ether oxygens (including phenoxy) is 2. The fraction of sp³-hybridized carbons (Fsp3) is 0.500. The Balaban J connectivity index is 2.07. The number of likely N-dealkylation sites (tertiary alicyclic amines) is 1. The highest BCUT2D eigenvalue weighted by Crippen LogP contribution is 2.31. The van der Waals surface area contributed by atoms with Crippen LogP contribution >= 0.6 is 10.7 Å². The molecule has 1 heterocycles. The van der Waals surface area contributed by atoms with Gasteiger partial charge >= 0.3 is 0 Å². The number of benzene rings is 1. The number of nitrogens with zero attached hydrogens (tertiary/aromatic N) is 1. The van der Waals surface area contributed by atoms with Crippen molar-refractivity contribution in [1.82, 2.24) is 4.90 Å². The minimum Gasteiger partial charge on any atom is -0.493 e. The summed E-state index contributed by atoms with van der Waals surface area (Å²) in [6, 6.07) is 5.52. The van der Waals surface area contributed by atoms with E-state index in [4.69, 9.17) is 20.2 Å². The van der Waals surface area contributed by atoms with Crippen LogP contribution in [0.5, 0.6) is 11.5 Å². The molecule has 0 bridgehead atoms. The van der Waals surface area contributed by atoms with Crippen molar-refractivity contribution in [3.05, 3.63) is 23.8 Å². The first-order chi connectivity index (χ1) is 10.4. The zero-order valence-electron chi connectivity index (χ0n) is 12.4. The highest BCUT2D eigenvalue weighted by atomic mass is 35.7. The first-order valence-electron chi connectivity index (χ1n) is 6.78. The zero-order chi connectivity index (χ0) is 16.3. The molecule has 1 atom stereocenters. The third-order valence-electron chi connectivity index (χ3n) is 3.71. The second-order valence-corrected chi connectivity index (χ2v) is 7.95. The lowest BCUT2D eigenvalue weighted by atomic mass is 10.1. The van der Waals surface area contributed by atoms with E-state index in [0.29, 0.717) is 24.5 Å². The number of carbonyl (C=O) groups is 1. The molecule has 0 saturated carbocycles. The van der Waals surface area contributed by atoms with Gasteiger partial charge in [0.15, 0.2) is 11.5 Å². The summed E-state index contributed by atoms with van der Waals surface area (Å²) in [7, 11) is 4.73. The van der Waals surface area contributed by atoms with Crippen LogP contribution in [-0.2, 0) is 20.3 Å². The summed E-state index contributed by atoms with van der Waals surface area (Å²) in [5.41, 5.74) is 0.895. The van der Waals surface area contributed by atoms with Crippen LogP contribution in [-0.4, -0.2) is 51.8 Å². The molecule has 8 heteroatoms. The first-order valence-corrected chi connectivity index (χ1v) is 9.15. The molecule has 122 valence electrons. The predicted molar refractivity (Wildman–Crippen MR) is 83.0 cm³/mol. The molecule has 0 radical (unpaired) electrons. The molecule has 2 rings (SSSR count). The van der Waals surface area contributed by atoms with Gasteiger partial charge in [-0.3, -0.25) is 4.79 Å². The highest BCUT2D eigenvalue weighted by molar-refractivity contribution is 8.14. The van der Waals surface area contributed by atoms with Gasteiger partial charge in [-0.2, -0.15) is 0 Å². The Labute approximate surface area is 134 Å². The second-order valence-electron chi connectivity index (χ2n) is 5.04. The van der Waals surface area contributed by atoms with Crippen molar-refractivity contribution in [2.45, 2.75) is 18.1 Å². The van der Waals surface area contributed by atoms with Crippen LogP contribution in [0.3, 0.4) is 0 Å². The van der Waals surface area contributed by atoms with Gasteiger partial charge in [0.1, 0.15) is 5.25 Å². The number of hydrogen-bond acceptors (Lipinski definition) is 5. The van der Waals surface area contributed by atoms with Gasteiger partial charge in [-0.15, -0.1) is 0 Å². The van der Waals surface area contributed by atoms with Crippen LogP contribution in [0, 0.1) is 0 Å². The molecule has 1 aliphatic heterocycles. The fourth-order valence-corrected chi connectivity index (χ4v) is 3.60. The number of hydrogen-bond donors (Lipinski definition) is 0. The predicted octanol–water partition coefficient (Wildman–Crippen LogP) is 1.42. The Morgan fingerprint density at radius 1 is 1.32 bits per heavy atom. The molecule has 22 heavy (non-hydrogen) atoms. The fourth-order valence-electron chi connectivity index (χ4n) is 2.55. The number of para-hydroxylation sites is 1.